The van der Waals surface area contributed by atoms with E-state index in [9.17, 15) is 34.8 Å². The lowest BCUT2D eigenvalue weighted by atomic mass is 9.58. The van der Waals surface area contributed by atoms with E-state index in [-0.39, 0.29) is 29.7 Å². The van der Waals surface area contributed by atoms with Gasteiger partial charge in [0.25, 0.3) is 5.91 Å². The first kappa shape index (κ1) is 28.8. The Morgan fingerprint density at radius 3 is 2.22 bits per heavy atom. The van der Waals surface area contributed by atoms with E-state index in [0.29, 0.717) is 14.8 Å². The zero-order valence-electron chi connectivity index (χ0n) is 19.3. The Morgan fingerprint density at radius 1 is 1.19 bits per heavy atom. The molecule has 10 N–H and O–H groups in total. The number of aromatic hydroxyl groups is 1. The number of amides is 1. The largest absolute Gasteiger partial charge is 0.510 e. The minimum atomic E-state index is -4.67. The van der Waals surface area contributed by atoms with E-state index in [1.165, 1.54) is 11.0 Å². The summed E-state index contributed by atoms with van der Waals surface area (Å²) in [6.45, 7) is 0. The fraction of sp³-hybridized carbons (Fsp3) is 0.381. The average molecular weight is 653 g/mol. The van der Waals surface area contributed by atoms with E-state index in [1.807, 2.05) is 22.6 Å². The molecule has 3 aliphatic carbocycles. The van der Waals surface area contributed by atoms with E-state index in [1.54, 1.807) is 14.1 Å². The van der Waals surface area contributed by atoms with Gasteiger partial charge in [-0.05, 0) is 67.1 Å². The molecule has 0 aromatic heterocycles. The van der Waals surface area contributed by atoms with Crippen molar-refractivity contribution in [3.8, 4) is 5.75 Å². The van der Waals surface area contributed by atoms with Gasteiger partial charge >= 0.3 is 10.4 Å². The highest BCUT2D eigenvalue weighted by Crippen LogP contribution is 2.53. The second-order valence-electron chi connectivity index (χ2n) is 9.06. The summed E-state index contributed by atoms with van der Waals surface area (Å²) in [6, 6.07) is 0.513. The number of likely N-dealkylation sites (N-methyl/N-ethyl adjacent to an activating group) is 1. The Hall–Kier alpha value is -2.77. The van der Waals surface area contributed by atoms with Crippen molar-refractivity contribution in [1.82, 2.24) is 4.90 Å². The first-order chi connectivity index (χ1) is 16.8. The first-order valence-electron chi connectivity index (χ1n) is 10.5. The van der Waals surface area contributed by atoms with Crippen LogP contribution in [0.3, 0.4) is 0 Å². The van der Waals surface area contributed by atoms with Crippen molar-refractivity contribution in [3.63, 3.8) is 0 Å². The molecule has 0 spiro atoms. The lowest BCUT2D eigenvalue weighted by molar-refractivity contribution is -0.148. The van der Waals surface area contributed by atoms with Gasteiger partial charge in [0.05, 0.1) is 15.2 Å². The second-order valence-corrected chi connectivity index (χ2v) is 11.1. The smallest absolute Gasteiger partial charge is 0.394 e. The van der Waals surface area contributed by atoms with Crippen LogP contribution in [0.5, 0.6) is 5.75 Å². The number of aliphatic hydroxyl groups excluding tert-OH is 2. The molecule has 0 radical (unpaired) electrons. The number of aliphatic hydroxyl groups is 3. The summed E-state index contributed by atoms with van der Waals surface area (Å²) in [6.07, 6.45) is 0.197. The summed E-state index contributed by atoms with van der Waals surface area (Å²) >= 11 is 1.82. The summed E-state index contributed by atoms with van der Waals surface area (Å²) in [5.74, 6) is -6.77. The quantitative estimate of drug-likeness (QED) is 0.0668. The maximum atomic E-state index is 13.4. The molecule has 0 saturated carbocycles. The van der Waals surface area contributed by atoms with Crippen molar-refractivity contribution in [2.45, 2.75) is 24.5 Å². The lowest BCUT2D eigenvalue weighted by Gasteiger charge is -2.50. The van der Waals surface area contributed by atoms with Gasteiger partial charge < -0.3 is 31.9 Å². The third-order valence-electron chi connectivity index (χ3n) is 6.71. The number of ketones is 2. The van der Waals surface area contributed by atoms with Gasteiger partial charge in [0.15, 0.2) is 11.4 Å². The number of hydrogen-bond acceptors (Lipinski definition) is 11. The highest BCUT2D eigenvalue weighted by Gasteiger charge is 2.63. The number of carbonyl (C=O) groups is 3. The summed E-state index contributed by atoms with van der Waals surface area (Å²) in [5, 5.41) is 43.8. The van der Waals surface area contributed by atoms with E-state index in [2.05, 4.69) is 0 Å². The zero-order chi connectivity index (χ0) is 28.4. The van der Waals surface area contributed by atoms with Crippen molar-refractivity contribution in [2.24, 2.45) is 17.6 Å². The van der Waals surface area contributed by atoms with E-state index in [0.717, 1.165) is 0 Å². The summed E-state index contributed by atoms with van der Waals surface area (Å²) in [5.41, 5.74) is 8.34. The Labute approximate surface area is 224 Å². The van der Waals surface area contributed by atoms with Crippen molar-refractivity contribution in [3.05, 3.63) is 43.4 Å². The normalized spacial score (nSPS) is 27.3. The van der Waals surface area contributed by atoms with Crippen LogP contribution < -0.4 is 11.5 Å². The van der Waals surface area contributed by atoms with Gasteiger partial charge in [-0.2, -0.15) is 8.42 Å². The third kappa shape index (κ3) is 4.68. The molecule has 0 saturated heterocycles. The molecule has 2 unspecified atom stereocenters. The van der Waals surface area contributed by atoms with Crippen LogP contribution in [-0.4, -0.2) is 86.1 Å². The van der Waals surface area contributed by atoms with Crippen LogP contribution in [0, 0.1) is 15.4 Å². The molecule has 37 heavy (non-hydrogen) atoms. The number of halogens is 1. The molecular formula is C21H24IN3O11S. The lowest BCUT2D eigenvalue weighted by Crippen LogP contribution is -2.63. The van der Waals surface area contributed by atoms with Gasteiger partial charge in [-0.25, -0.2) is 0 Å². The van der Waals surface area contributed by atoms with Gasteiger partial charge in [0.1, 0.15) is 22.8 Å². The Bertz CT molecular complexity index is 1390. The Morgan fingerprint density at radius 2 is 1.73 bits per heavy atom. The summed E-state index contributed by atoms with van der Waals surface area (Å²) in [4.78, 5) is 40.0. The van der Waals surface area contributed by atoms with Crippen molar-refractivity contribution < 1.29 is 52.3 Å². The molecule has 202 valence electrons. The van der Waals surface area contributed by atoms with Crippen molar-refractivity contribution in [1.29, 1.82) is 0 Å². The number of allylic oxidation sites excluding steroid dienone is 1. The number of anilines is 1. The van der Waals surface area contributed by atoms with Gasteiger partial charge in [0, 0.05) is 17.2 Å². The minimum Gasteiger partial charge on any atom is -0.510 e. The number of benzene rings is 1. The van der Waals surface area contributed by atoms with Crippen molar-refractivity contribution in [2.75, 3.05) is 19.8 Å². The molecule has 3 aliphatic rings. The van der Waals surface area contributed by atoms with E-state index in [4.69, 9.17) is 29.0 Å². The monoisotopic (exact) mass is 653 g/mol. The number of nitrogen functional groups attached to an aromatic ring is 1. The number of primary amides is 1. The molecule has 0 aliphatic heterocycles. The van der Waals surface area contributed by atoms with Crippen LogP contribution in [0.1, 0.15) is 22.3 Å². The molecule has 1 amide bonds. The van der Waals surface area contributed by atoms with Gasteiger partial charge in [0.2, 0.25) is 5.78 Å². The molecule has 14 nitrogen and oxygen atoms in total. The second kappa shape index (κ2) is 9.52. The number of nitrogens with zero attached hydrogens (tertiary/aromatic N) is 1. The number of phenolic OH excluding ortho intramolecular Hbond substituents is 1. The van der Waals surface area contributed by atoms with Crippen LogP contribution in [0.15, 0.2) is 28.7 Å². The van der Waals surface area contributed by atoms with Gasteiger partial charge in [-0.15, -0.1) is 0 Å². The number of fused-ring (bicyclic) bond motifs is 3. The molecule has 0 heterocycles. The highest BCUT2D eigenvalue weighted by atomic mass is 127. The highest BCUT2D eigenvalue weighted by molar-refractivity contribution is 14.1. The molecule has 1 aromatic carbocycles. The predicted octanol–water partition coefficient (Wildman–Crippen LogP) is -0.345. The Balaban J connectivity index is 0.000000695. The van der Waals surface area contributed by atoms with Gasteiger partial charge in [-0.3, -0.25) is 28.4 Å². The zero-order valence-corrected chi connectivity index (χ0v) is 22.3. The molecule has 16 heteroatoms. The molecular weight excluding hydrogens is 629 g/mol. The first-order valence-corrected chi connectivity index (χ1v) is 13.0. The molecule has 1 aromatic rings. The number of Topliss-reactive ketones (excluding diaryl/α,β-unsaturated/α-hetero) is 2. The van der Waals surface area contributed by atoms with E-state index < -0.39 is 68.4 Å². The van der Waals surface area contributed by atoms with Crippen LogP contribution in [0.2, 0.25) is 0 Å². The summed E-state index contributed by atoms with van der Waals surface area (Å²) < 4.78 is 31.9. The fourth-order valence-electron chi connectivity index (χ4n) is 5.31. The molecule has 0 fully saturated rings. The number of hydrogen-bond donors (Lipinski definition) is 8. The van der Waals surface area contributed by atoms with Gasteiger partial charge in [-0.1, -0.05) is 0 Å². The maximum Gasteiger partial charge on any atom is 0.394 e. The van der Waals surface area contributed by atoms with Crippen molar-refractivity contribution >= 4 is 56.2 Å². The van der Waals surface area contributed by atoms with E-state index >= 15 is 0 Å². The fourth-order valence-corrected chi connectivity index (χ4v) is 5.92. The number of carbonyl (C=O) groups excluding carboxylic acids is 3. The van der Waals surface area contributed by atoms with Crippen LogP contribution in [-0.2, 0) is 26.4 Å². The molecule has 4 rings (SSSR count). The average Bonchev–Trinajstić information content (AvgIpc) is 2.73. The molecule has 0 bridgehead atoms. The number of rotatable bonds is 2. The minimum absolute atomic E-state index is 0.0257. The third-order valence-corrected chi connectivity index (χ3v) is 7.53. The maximum absolute atomic E-state index is 13.4. The topological polar surface area (TPSA) is 262 Å². The predicted molar refractivity (Wildman–Crippen MR) is 135 cm³/mol. The number of nitrogens with two attached hydrogens (primary N) is 2. The SMILES string of the molecule is CN(C)[C@@H]1C(O)=C(C(N)=O)C(=O)[C@@]2(O)C(O)=C3C(=O)c4c(O)c(I)cc(N)c4CC3CC12.O=S(=O)(O)O. The number of phenols is 1. The van der Waals surface area contributed by atoms with Crippen LogP contribution >= 0.6 is 22.6 Å². The Kier molecular flexibility index (Phi) is 7.41. The standard InChI is InChI=1S/C21H22IN3O7.H2O4S/c1-25(2)14-8-4-6-3-7-10(23)5-9(22)15(26)12(7)16(27)11(6)18(29)21(8,32)19(30)13(17(14)28)20(24)31;1-5(2,3)4/h5-6,8,14,26,28-29,32H,3-4,23H2,1-2H3,(H2,24,31);(H2,1,2,3,4)/t6?,8?,14-,21-;/m0./s1. The molecule has 4 atom stereocenters. The summed E-state index contributed by atoms with van der Waals surface area (Å²) in [7, 11) is -1.52. The van der Waals surface area contributed by atoms with Crippen LogP contribution in [0.4, 0.5) is 5.69 Å². The van der Waals surface area contributed by atoms with Crippen LogP contribution in [0.25, 0.3) is 0 Å².